The summed E-state index contributed by atoms with van der Waals surface area (Å²) in [6.45, 7) is 6.13. The van der Waals surface area contributed by atoms with Gasteiger partial charge in [-0.05, 0) is 44.1 Å². The van der Waals surface area contributed by atoms with Crippen molar-refractivity contribution in [2.24, 2.45) is 11.1 Å². The normalized spacial score (nSPS) is 11.8. The highest BCUT2D eigenvalue weighted by Crippen LogP contribution is 2.22. The first-order valence-corrected chi connectivity index (χ1v) is 7.88. The van der Waals surface area contributed by atoms with Gasteiger partial charge in [0.2, 0.25) is 0 Å². The maximum atomic E-state index is 7.55. The summed E-state index contributed by atoms with van der Waals surface area (Å²) in [4.78, 5) is 2.34. The molecule has 0 bridgehead atoms. The molecule has 0 fully saturated rings. The maximum Gasteiger partial charge on any atom is 0.0963 e. The summed E-state index contributed by atoms with van der Waals surface area (Å²) in [5, 5.41) is 7.55. The van der Waals surface area contributed by atoms with Crippen LogP contribution in [0.4, 0.5) is 0 Å². The van der Waals surface area contributed by atoms with E-state index in [0.717, 1.165) is 36.8 Å². The van der Waals surface area contributed by atoms with Crippen LogP contribution in [0.5, 0.6) is 0 Å². The summed E-state index contributed by atoms with van der Waals surface area (Å²) in [5.41, 5.74) is 6.77. The molecule has 0 aromatic heterocycles. The van der Waals surface area contributed by atoms with Crippen LogP contribution in [-0.4, -0.2) is 24.3 Å². The molecule has 0 aliphatic rings. The number of amidine groups is 1. The first kappa shape index (κ1) is 17.2. The van der Waals surface area contributed by atoms with Gasteiger partial charge in [-0.2, -0.15) is 0 Å². The second-order valence-corrected chi connectivity index (χ2v) is 7.03. The number of nitrogens with zero attached hydrogens (tertiary/aromatic N) is 1. The highest BCUT2D eigenvalue weighted by Gasteiger charge is 2.20. The Bertz CT molecular complexity index is 426. The Hall–Kier alpha value is -0.870. The van der Waals surface area contributed by atoms with Gasteiger partial charge in [-0.1, -0.05) is 48.3 Å². The summed E-state index contributed by atoms with van der Waals surface area (Å²) in [6.07, 6.45) is 3.23. The molecular weight excluding hydrogens is 314 g/mol. The monoisotopic (exact) mass is 339 g/mol. The number of nitrogens with one attached hydrogen (secondary N) is 1. The van der Waals surface area contributed by atoms with Crippen molar-refractivity contribution in [2.45, 2.75) is 39.7 Å². The van der Waals surface area contributed by atoms with E-state index in [4.69, 9.17) is 11.1 Å². The first-order valence-electron chi connectivity index (χ1n) is 7.09. The molecule has 0 atom stereocenters. The molecule has 0 radical (unpaired) electrons. The predicted octanol–water partition coefficient (Wildman–Crippen LogP) is 4.01. The average molecular weight is 340 g/mol. The van der Waals surface area contributed by atoms with Crippen LogP contribution in [-0.2, 0) is 6.54 Å². The molecule has 0 unspecified atom stereocenters. The van der Waals surface area contributed by atoms with Gasteiger partial charge in [0.25, 0.3) is 0 Å². The summed E-state index contributed by atoms with van der Waals surface area (Å²) in [5.74, 6) is 0.292. The zero-order chi connectivity index (χ0) is 15.2. The third kappa shape index (κ3) is 6.06. The minimum Gasteiger partial charge on any atom is -0.387 e. The summed E-state index contributed by atoms with van der Waals surface area (Å²) < 4.78 is 1.12. The van der Waals surface area contributed by atoms with Crippen molar-refractivity contribution < 1.29 is 0 Å². The number of benzene rings is 1. The Balaban J connectivity index is 2.25. The predicted molar refractivity (Wildman–Crippen MR) is 90.0 cm³/mol. The highest BCUT2D eigenvalue weighted by molar-refractivity contribution is 9.10. The molecule has 1 aromatic carbocycles. The molecule has 0 aliphatic carbocycles. The van der Waals surface area contributed by atoms with Crippen molar-refractivity contribution in [2.75, 3.05) is 13.6 Å². The van der Waals surface area contributed by atoms with E-state index in [-0.39, 0.29) is 5.41 Å². The van der Waals surface area contributed by atoms with E-state index in [9.17, 15) is 0 Å². The lowest BCUT2D eigenvalue weighted by Gasteiger charge is -2.23. The summed E-state index contributed by atoms with van der Waals surface area (Å²) in [7, 11) is 2.15. The minimum atomic E-state index is -0.162. The topological polar surface area (TPSA) is 53.1 Å². The molecule has 3 N–H and O–H groups in total. The molecule has 4 heteroatoms. The van der Waals surface area contributed by atoms with Gasteiger partial charge < -0.3 is 10.6 Å². The Morgan fingerprint density at radius 1 is 1.25 bits per heavy atom. The lowest BCUT2D eigenvalue weighted by atomic mass is 9.86. The van der Waals surface area contributed by atoms with E-state index in [1.54, 1.807) is 0 Å². The quantitative estimate of drug-likeness (QED) is 0.427. The zero-order valence-corrected chi connectivity index (χ0v) is 14.3. The Kier molecular flexibility index (Phi) is 6.69. The number of hydrogen-bond acceptors (Lipinski definition) is 2. The number of nitrogens with two attached hydrogens (primary N) is 1. The standard InChI is InChI=1S/C16H26BrN3/c1-16(2,15(18)19)10-4-5-11-20(3)12-13-6-8-14(17)9-7-13/h6-9H,4-5,10-12H2,1-3H3,(H3,18,19). The third-order valence-electron chi connectivity index (χ3n) is 3.69. The zero-order valence-electron chi connectivity index (χ0n) is 12.7. The van der Waals surface area contributed by atoms with E-state index in [1.807, 2.05) is 13.8 Å². The lowest BCUT2D eigenvalue weighted by molar-refractivity contribution is 0.308. The Labute approximate surface area is 131 Å². The largest absolute Gasteiger partial charge is 0.387 e. The van der Waals surface area contributed by atoms with Crippen molar-refractivity contribution >= 4 is 21.8 Å². The van der Waals surface area contributed by atoms with Gasteiger partial charge in [-0.25, -0.2) is 0 Å². The van der Waals surface area contributed by atoms with Crippen LogP contribution in [0.2, 0.25) is 0 Å². The summed E-state index contributed by atoms with van der Waals surface area (Å²) in [6, 6.07) is 8.47. The number of unbranched alkanes of at least 4 members (excludes halogenated alkanes) is 1. The van der Waals surface area contributed by atoms with Gasteiger partial charge in [-0.15, -0.1) is 0 Å². The van der Waals surface area contributed by atoms with Crippen LogP contribution in [0.15, 0.2) is 28.7 Å². The van der Waals surface area contributed by atoms with E-state index < -0.39 is 0 Å². The SMILES string of the molecule is CN(CCCCC(C)(C)C(=N)N)Cc1ccc(Br)cc1. The summed E-state index contributed by atoms with van der Waals surface area (Å²) >= 11 is 3.45. The van der Waals surface area contributed by atoms with E-state index in [1.165, 1.54) is 5.56 Å². The van der Waals surface area contributed by atoms with Crippen molar-refractivity contribution in [3.8, 4) is 0 Å². The van der Waals surface area contributed by atoms with E-state index in [0.29, 0.717) is 5.84 Å². The second kappa shape index (κ2) is 7.79. The lowest BCUT2D eigenvalue weighted by Crippen LogP contribution is -2.31. The van der Waals surface area contributed by atoms with Gasteiger partial charge in [0, 0.05) is 16.4 Å². The fourth-order valence-corrected chi connectivity index (χ4v) is 2.33. The van der Waals surface area contributed by atoms with Crippen LogP contribution in [0, 0.1) is 10.8 Å². The molecule has 0 spiro atoms. The molecule has 0 saturated carbocycles. The van der Waals surface area contributed by atoms with Crippen molar-refractivity contribution in [1.29, 1.82) is 5.41 Å². The average Bonchev–Trinajstić information content (AvgIpc) is 2.37. The van der Waals surface area contributed by atoms with Crippen LogP contribution >= 0.6 is 15.9 Å². The molecule has 112 valence electrons. The van der Waals surface area contributed by atoms with Gasteiger partial charge >= 0.3 is 0 Å². The molecule has 0 heterocycles. The van der Waals surface area contributed by atoms with Crippen LogP contribution < -0.4 is 5.73 Å². The molecule has 20 heavy (non-hydrogen) atoms. The number of hydrogen-bond donors (Lipinski definition) is 2. The number of halogens is 1. The maximum absolute atomic E-state index is 7.55. The van der Waals surface area contributed by atoms with Crippen LogP contribution in [0.25, 0.3) is 0 Å². The van der Waals surface area contributed by atoms with Gasteiger partial charge in [0.1, 0.15) is 0 Å². The van der Waals surface area contributed by atoms with Crippen LogP contribution in [0.3, 0.4) is 0 Å². The fraction of sp³-hybridized carbons (Fsp3) is 0.562. The van der Waals surface area contributed by atoms with E-state index >= 15 is 0 Å². The molecule has 0 saturated heterocycles. The van der Waals surface area contributed by atoms with E-state index in [2.05, 4.69) is 52.1 Å². The van der Waals surface area contributed by atoms with Gasteiger partial charge in [0.05, 0.1) is 5.84 Å². The number of rotatable bonds is 8. The second-order valence-electron chi connectivity index (χ2n) is 6.12. The van der Waals surface area contributed by atoms with Gasteiger partial charge in [-0.3, -0.25) is 5.41 Å². The Morgan fingerprint density at radius 3 is 2.40 bits per heavy atom. The molecular formula is C16H26BrN3. The smallest absolute Gasteiger partial charge is 0.0963 e. The molecule has 3 nitrogen and oxygen atoms in total. The van der Waals surface area contributed by atoms with Crippen molar-refractivity contribution in [1.82, 2.24) is 4.90 Å². The minimum absolute atomic E-state index is 0.162. The molecule has 1 aromatic rings. The van der Waals surface area contributed by atoms with Gasteiger partial charge in [0.15, 0.2) is 0 Å². The molecule has 1 rings (SSSR count). The van der Waals surface area contributed by atoms with Crippen molar-refractivity contribution in [3.63, 3.8) is 0 Å². The van der Waals surface area contributed by atoms with Crippen LogP contribution in [0.1, 0.15) is 38.7 Å². The third-order valence-corrected chi connectivity index (χ3v) is 4.22. The van der Waals surface area contributed by atoms with Crippen molar-refractivity contribution in [3.05, 3.63) is 34.3 Å². The first-order chi connectivity index (χ1) is 9.31. The highest BCUT2D eigenvalue weighted by atomic mass is 79.9. The Morgan fingerprint density at radius 2 is 1.85 bits per heavy atom. The fourth-order valence-electron chi connectivity index (χ4n) is 2.06. The molecule has 0 aliphatic heterocycles. The molecule has 0 amide bonds.